The summed E-state index contributed by atoms with van der Waals surface area (Å²) < 4.78 is 9.91. The van der Waals surface area contributed by atoms with Gasteiger partial charge in [-0.05, 0) is 0 Å². The lowest BCUT2D eigenvalue weighted by Gasteiger charge is -2.01. The van der Waals surface area contributed by atoms with Gasteiger partial charge in [0.15, 0.2) is 0 Å². The summed E-state index contributed by atoms with van der Waals surface area (Å²) in [5, 5.41) is 8.24. The fourth-order valence-electron chi connectivity index (χ4n) is 0.823. The third kappa shape index (κ3) is 4.58. The number of rotatable bonds is 7. The van der Waals surface area contributed by atoms with E-state index in [0.29, 0.717) is 13.2 Å². The molecule has 0 aliphatic carbocycles. The molecule has 0 fully saturated rings. The number of aromatic amines is 1. The first kappa shape index (κ1) is 10.7. The number of hydrogen-bond acceptors (Lipinski definition) is 4. The van der Waals surface area contributed by atoms with Gasteiger partial charge in [-0.25, -0.2) is 9.78 Å². The van der Waals surface area contributed by atoms with Crippen molar-refractivity contribution in [3.05, 3.63) is 18.2 Å². The van der Waals surface area contributed by atoms with Crippen LogP contribution < -0.4 is 0 Å². The highest BCUT2D eigenvalue weighted by Crippen LogP contribution is 1.91. The van der Waals surface area contributed by atoms with Crippen LogP contribution in [0.2, 0.25) is 0 Å². The third-order valence-corrected chi connectivity index (χ3v) is 1.39. The quantitative estimate of drug-likeness (QED) is 0.606. The number of imidazole rings is 1. The van der Waals surface area contributed by atoms with Crippen molar-refractivity contribution in [1.29, 1.82) is 0 Å². The molecule has 14 heavy (non-hydrogen) atoms. The predicted octanol–water partition coefficient (Wildman–Crippen LogP) is 0.0275. The first-order valence-electron chi connectivity index (χ1n) is 4.14. The molecule has 0 saturated heterocycles. The van der Waals surface area contributed by atoms with Crippen LogP contribution in [0.4, 0.5) is 0 Å². The number of carboxylic acid groups (broad SMARTS) is 1. The van der Waals surface area contributed by atoms with Gasteiger partial charge in [0.25, 0.3) is 0 Å². The Bertz CT molecular complexity index is 260. The molecular formula is C8H12N2O4. The van der Waals surface area contributed by atoms with Crippen molar-refractivity contribution in [2.45, 2.75) is 6.61 Å². The fourth-order valence-corrected chi connectivity index (χ4v) is 0.823. The van der Waals surface area contributed by atoms with Gasteiger partial charge in [-0.1, -0.05) is 0 Å². The van der Waals surface area contributed by atoms with Crippen molar-refractivity contribution in [2.24, 2.45) is 0 Å². The van der Waals surface area contributed by atoms with E-state index in [-0.39, 0.29) is 13.2 Å². The van der Waals surface area contributed by atoms with E-state index in [4.69, 9.17) is 14.6 Å². The van der Waals surface area contributed by atoms with Gasteiger partial charge >= 0.3 is 5.97 Å². The van der Waals surface area contributed by atoms with Crippen LogP contribution in [0.5, 0.6) is 0 Å². The molecule has 0 atom stereocenters. The van der Waals surface area contributed by atoms with E-state index in [0.717, 1.165) is 5.82 Å². The van der Waals surface area contributed by atoms with Gasteiger partial charge in [0, 0.05) is 12.4 Å². The highest BCUT2D eigenvalue weighted by Gasteiger charge is 1.97. The molecule has 0 saturated carbocycles. The van der Waals surface area contributed by atoms with Gasteiger partial charge in [0.05, 0.1) is 13.2 Å². The minimum atomic E-state index is -0.976. The van der Waals surface area contributed by atoms with E-state index in [9.17, 15) is 4.79 Å². The summed E-state index contributed by atoms with van der Waals surface area (Å²) >= 11 is 0. The van der Waals surface area contributed by atoms with E-state index < -0.39 is 5.97 Å². The smallest absolute Gasteiger partial charge is 0.329 e. The summed E-state index contributed by atoms with van der Waals surface area (Å²) in [5.41, 5.74) is 0. The first-order chi connectivity index (χ1) is 6.79. The molecule has 1 heterocycles. The highest BCUT2D eigenvalue weighted by atomic mass is 16.5. The maximum atomic E-state index is 10.0. The number of H-pyrrole nitrogens is 1. The van der Waals surface area contributed by atoms with Crippen LogP contribution in [0.25, 0.3) is 0 Å². The van der Waals surface area contributed by atoms with Crippen LogP contribution in [0, 0.1) is 0 Å². The Hall–Kier alpha value is -1.40. The number of nitrogens with one attached hydrogen (secondary N) is 1. The van der Waals surface area contributed by atoms with Gasteiger partial charge in [-0.3, -0.25) is 0 Å². The topological polar surface area (TPSA) is 84.4 Å². The third-order valence-electron chi connectivity index (χ3n) is 1.39. The minimum absolute atomic E-state index is 0.271. The molecule has 0 unspecified atom stereocenters. The molecule has 6 heteroatoms. The molecule has 78 valence electrons. The zero-order valence-electron chi connectivity index (χ0n) is 7.60. The summed E-state index contributed by atoms with van der Waals surface area (Å²) in [7, 11) is 0. The predicted molar refractivity (Wildman–Crippen MR) is 46.7 cm³/mol. The van der Waals surface area contributed by atoms with E-state index in [1.165, 1.54) is 0 Å². The summed E-state index contributed by atoms with van der Waals surface area (Å²) in [6, 6.07) is 0. The Balaban J connectivity index is 1.92. The maximum absolute atomic E-state index is 10.0. The first-order valence-corrected chi connectivity index (χ1v) is 4.14. The Morgan fingerprint density at radius 2 is 2.29 bits per heavy atom. The Kier molecular flexibility index (Phi) is 4.66. The van der Waals surface area contributed by atoms with E-state index in [2.05, 4.69) is 9.97 Å². The lowest BCUT2D eigenvalue weighted by molar-refractivity contribution is -0.142. The molecule has 6 nitrogen and oxygen atoms in total. The van der Waals surface area contributed by atoms with Crippen LogP contribution in [-0.2, 0) is 20.9 Å². The lowest BCUT2D eigenvalue weighted by atomic mass is 10.6. The van der Waals surface area contributed by atoms with Crippen molar-refractivity contribution in [2.75, 3.05) is 19.8 Å². The van der Waals surface area contributed by atoms with Crippen molar-refractivity contribution < 1.29 is 19.4 Å². The highest BCUT2D eigenvalue weighted by molar-refractivity contribution is 5.67. The SMILES string of the molecule is O=C(O)COCCOCc1ncc[nH]1. The molecule has 0 amide bonds. The van der Waals surface area contributed by atoms with Gasteiger partial charge in [-0.2, -0.15) is 0 Å². The number of aliphatic carboxylic acids is 1. The van der Waals surface area contributed by atoms with Gasteiger partial charge in [0.2, 0.25) is 0 Å². The molecule has 0 bridgehead atoms. The largest absolute Gasteiger partial charge is 0.480 e. The molecule has 0 radical (unpaired) electrons. The number of carboxylic acids is 1. The van der Waals surface area contributed by atoms with E-state index in [1.807, 2.05) is 0 Å². The molecule has 1 rings (SSSR count). The second-order valence-corrected chi connectivity index (χ2v) is 2.53. The molecule has 0 aliphatic rings. The van der Waals surface area contributed by atoms with Gasteiger partial charge < -0.3 is 19.6 Å². The lowest BCUT2D eigenvalue weighted by Crippen LogP contribution is -2.11. The Morgan fingerprint density at radius 1 is 1.50 bits per heavy atom. The zero-order chi connectivity index (χ0) is 10.2. The van der Waals surface area contributed by atoms with E-state index in [1.54, 1.807) is 12.4 Å². The average Bonchev–Trinajstić information content (AvgIpc) is 2.63. The minimum Gasteiger partial charge on any atom is -0.480 e. The number of hydrogen-bond donors (Lipinski definition) is 2. The Morgan fingerprint density at radius 3 is 2.93 bits per heavy atom. The van der Waals surface area contributed by atoms with Crippen LogP contribution in [-0.4, -0.2) is 40.9 Å². The molecule has 0 aromatic carbocycles. The summed E-state index contributed by atoms with van der Waals surface area (Å²) in [6.45, 7) is 0.717. The van der Waals surface area contributed by atoms with Crippen molar-refractivity contribution >= 4 is 5.97 Å². The molecule has 0 aliphatic heterocycles. The van der Waals surface area contributed by atoms with Crippen molar-refractivity contribution in [3.8, 4) is 0 Å². The number of nitrogens with zero attached hydrogens (tertiary/aromatic N) is 1. The van der Waals surface area contributed by atoms with Crippen LogP contribution in [0.3, 0.4) is 0 Å². The average molecular weight is 200 g/mol. The zero-order valence-corrected chi connectivity index (χ0v) is 7.60. The number of carbonyl (C=O) groups is 1. The summed E-state index contributed by atoms with van der Waals surface area (Å²) in [6.07, 6.45) is 3.35. The van der Waals surface area contributed by atoms with Crippen molar-refractivity contribution in [3.63, 3.8) is 0 Å². The monoisotopic (exact) mass is 200 g/mol. The normalized spacial score (nSPS) is 10.3. The van der Waals surface area contributed by atoms with E-state index >= 15 is 0 Å². The second kappa shape index (κ2) is 6.11. The molecule has 2 N–H and O–H groups in total. The molecule has 0 spiro atoms. The fraction of sp³-hybridized carbons (Fsp3) is 0.500. The molecular weight excluding hydrogens is 188 g/mol. The van der Waals surface area contributed by atoms with Crippen LogP contribution in [0.15, 0.2) is 12.4 Å². The molecule has 1 aromatic heterocycles. The Labute approximate surface area is 80.9 Å². The maximum Gasteiger partial charge on any atom is 0.329 e. The van der Waals surface area contributed by atoms with Gasteiger partial charge in [0.1, 0.15) is 19.0 Å². The second-order valence-electron chi connectivity index (χ2n) is 2.53. The summed E-state index contributed by atoms with van der Waals surface area (Å²) in [5.74, 6) is -0.237. The van der Waals surface area contributed by atoms with Crippen LogP contribution >= 0.6 is 0 Å². The summed E-state index contributed by atoms with van der Waals surface area (Å²) in [4.78, 5) is 16.9. The van der Waals surface area contributed by atoms with Crippen LogP contribution in [0.1, 0.15) is 5.82 Å². The number of ether oxygens (including phenoxy) is 2. The number of aromatic nitrogens is 2. The van der Waals surface area contributed by atoms with Gasteiger partial charge in [-0.15, -0.1) is 0 Å². The van der Waals surface area contributed by atoms with Crippen molar-refractivity contribution in [1.82, 2.24) is 9.97 Å². The standard InChI is InChI=1S/C8H12N2O4/c11-8(12)6-14-4-3-13-5-7-9-1-2-10-7/h1-2H,3-6H2,(H,9,10)(H,11,12). The molecule has 1 aromatic rings.